The van der Waals surface area contributed by atoms with E-state index in [4.69, 9.17) is 17.0 Å². The number of rotatable bonds is 2. The van der Waals surface area contributed by atoms with Crippen molar-refractivity contribution in [2.45, 2.75) is 0 Å². The van der Waals surface area contributed by atoms with Crippen molar-refractivity contribution in [3.8, 4) is 5.88 Å². The summed E-state index contributed by atoms with van der Waals surface area (Å²) in [6.07, 6.45) is 1.34. The second kappa shape index (κ2) is 5.32. The van der Waals surface area contributed by atoms with Gasteiger partial charge in [0.05, 0.1) is 32.5 Å². The van der Waals surface area contributed by atoms with E-state index in [0.717, 1.165) is 0 Å². The van der Waals surface area contributed by atoms with Gasteiger partial charge in [-0.2, -0.15) is 5.10 Å². The summed E-state index contributed by atoms with van der Waals surface area (Å²) in [7, 11) is 1.57. The molecule has 0 bridgehead atoms. The first kappa shape index (κ1) is 12.8. The van der Waals surface area contributed by atoms with Crippen LogP contribution in [0.5, 0.6) is 5.88 Å². The molecule has 0 amide bonds. The van der Waals surface area contributed by atoms with E-state index in [9.17, 15) is 9.90 Å². The van der Waals surface area contributed by atoms with Crippen molar-refractivity contribution in [3.63, 3.8) is 0 Å². The zero-order chi connectivity index (χ0) is 13.1. The maximum absolute atomic E-state index is 11.7. The standard InChI is InChI=1S/C10H14N4O3S/c1-13-9(16)7(8(15)12-10(13)18)6-11-14-2-4-17-5-3-14/h6,16H,2-5H2,1H3,(H,12,15,18). The molecule has 2 N–H and O–H groups in total. The number of hydrogen-bond acceptors (Lipinski definition) is 6. The molecule has 1 aliphatic heterocycles. The van der Waals surface area contributed by atoms with E-state index in [1.165, 1.54) is 10.8 Å². The molecular weight excluding hydrogens is 256 g/mol. The highest BCUT2D eigenvalue weighted by Crippen LogP contribution is 2.09. The average Bonchev–Trinajstić information content (AvgIpc) is 2.37. The minimum absolute atomic E-state index is 0.0950. The molecule has 0 aromatic carbocycles. The Morgan fingerprint density at radius 2 is 2.17 bits per heavy atom. The quantitative estimate of drug-likeness (QED) is 0.575. The van der Waals surface area contributed by atoms with Gasteiger partial charge >= 0.3 is 0 Å². The van der Waals surface area contributed by atoms with E-state index < -0.39 is 5.56 Å². The lowest BCUT2D eigenvalue weighted by Crippen LogP contribution is -2.32. The summed E-state index contributed by atoms with van der Waals surface area (Å²) in [4.78, 5) is 14.1. The van der Waals surface area contributed by atoms with Crippen molar-refractivity contribution in [1.82, 2.24) is 14.6 Å². The summed E-state index contributed by atoms with van der Waals surface area (Å²) < 4.78 is 6.67. The summed E-state index contributed by atoms with van der Waals surface area (Å²) in [5, 5.41) is 15.8. The molecule has 0 saturated carbocycles. The fourth-order valence-corrected chi connectivity index (χ4v) is 1.73. The lowest BCUT2D eigenvalue weighted by molar-refractivity contribution is 0.0396. The molecule has 1 fully saturated rings. The molecular formula is C10H14N4O3S. The summed E-state index contributed by atoms with van der Waals surface area (Å²) in [5.74, 6) is -0.194. The molecule has 1 aromatic heterocycles. The van der Waals surface area contributed by atoms with Gasteiger partial charge in [0.1, 0.15) is 5.56 Å². The average molecular weight is 270 g/mol. The molecule has 0 radical (unpaired) electrons. The topological polar surface area (TPSA) is 82.8 Å². The van der Waals surface area contributed by atoms with Gasteiger partial charge in [-0.25, -0.2) is 0 Å². The SMILES string of the molecule is Cn1c(O)c(C=NN2CCOCC2)c(=O)[nH]c1=S. The molecule has 98 valence electrons. The van der Waals surface area contributed by atoms with Crippen LogP contribution in [0, 0.1) is 4.77 Å². The predicted octanol–water partition coefficient (Wildman–Crippen LogP) is -0.185. The van der Waals surface area contributed by atoms with Crippen molar-refractivity contribution in [1.29, 1.82) is 0 Å². The fourth-order valence-electron chi connectivity index (χ4n) is 1.55. The highest BCUT2D eigenvalue weighted by Gasteiger charge is 2.10. The first-order chi connectivity index (χ1) is 8.59. The van der Waals surface area contributed by atoms with Gasteiger partial charge in [-0.3, -0.25) is 19.4 Å². The Kier molecular flexibility index (Phi) is 3.78. The number of nitrogens with zero attached hydrogens (tertiary/aromatic N) is 3. The van der Waals surface area contributed by atoms with Crippen LogP contribution in [0.3, 0.4) is 0 Å². The fraction of sp³-hybridized carbons (Fsp3) is 0.500. The van der Waals surface area contributed by atoms with Crippen LogP contribution in [0.4, 0.5) is 0 Å². The van der Waals surface area contributed by atoms with Gasteiger partial charge in [0.25, 0.3) is 5.56 Å². The van der Waals surface area contributed by atoms with Crippen LogP contribution in [0.15, 0.2) is 9.90 Å². The molecule has 1 aromatic rings. The van der Waals surface area contributed by atoms with Crippen LogP contribution < -0.4 is 5.56 Å². The van der Waals surface area contributed by atoms with Crippen LogP contribution in [0.25, 0.3) is 0 Å². The highest BCUT2D eigenvalue weighted by atomic mass is 32.1. The number of aromatic amines is 1. The molecule has 2 heterocycles. The van der Waals surface area contributed by atoms with Gasteiger partial charge in [-0.05, 0) is 12.2 Å². The largest absolute Gasteiger partial charge is 0.494 e. The van der Waals surface area contributed by atoms with Crippen LogP contribution >= 0.6 is 12.2 Å². The van der Waals surface area contributed by atoms with Gasteiger partial charge in [-0.15, -0.1) is 0 Å². The molecule has 18 heavy (non-hydrogen) atoms. The zero-order valence-corrected chi connectivity index (χ0v) is 10.7. The Hall–Kier alpha value is -1.67. The van der Waals surface area contributed by atoms with Gasteiger partial charge in [0.2, 0.25) is 5.88 Å². The number of H-pyrrole nitrogens is 1. The second-order valence-corrected chi connectivity index (χ2v) is 4.25. The third-order valence-electron chi connectivity index (χ3n) is 2.67. The lowest BCUT2D eigenvalue weighted by Gasteiger charge is -2.23. The van der Waals surface area contributed by atoms with E-state index in [1.807, 2.05) is 0 Å². The van der Waals surface area contributed by atoms with E-state index in [2.05, 4.69) is 10.1 Å². The molecule has 7 nitrogen and oxygen atoms in total. The summed E-state index contributed by atoms with van der Waals surface area (Å²) in [6, 6.07) is 0. The number of ether oxygens (including phenoxy) is 1. The van der Waals surface area contributed by atoms with E-state index in [-0.39, 0.29) is 16.2 Å². The second-order valence-electron chi connectivity index (χ2n) is 3.87. The molecule has 0 spiro atoms. The van der Waals surface area contributed by atoms with Gasteiger partial charge < -0.3 is 9.84 Å². The van der Waals surface area contributed by atoms with Crippen molar-refractivity contribution in [2.75, 3.05) is 26.3 Å². The normalized spacial score (nSPS) is 16.4. The number of nitrogens with one attached hydrogen (secondary N) is 1. The first-order valence-corrected chi connectivity index (χ1v) is 5.89. The number of morpholine rings is 1. The number of aromatic nitrogens is 2. The van der Waals surface area contributed by atoms with E-state index in [0.29, 0.717) is 26.3 Å². The van der Waals surface area contributed by atoms with Gasteiger partial charge in [-0.1, -0.05) is 0 Å². The minimum Gasteiger partial charge on any atom is -0.494 e. The number of aromatic hydroxyl groups is 1. The van der Waals surface area contributed by atoms with Crippen molar-refractivity contribution >= 4 is 18.4 Å². The molecule has 1 aliphatic rings. The third-order valence-corrected chi connectivity index (χ3v) is 3.04. The molecule has 1 saturated heterocycles. The minimum atomic E-state index is -0.451. The molecule has 0 aliphatic carbocycles. The van der Waals surface area contributed by atoms with Crippen molar-refractivity contribution in [2.24, 2.45) is 12.1 Å². The predicted molar refractivity (Wildman–Crippen MR) is 68.5 cm³/mol. The van der Waals surface area contributed by atoms with Crippen molar-refractivity contribution < 1.29 is 9.84 Å². The Bertz CT molecular complexity index is 571. The van der Waals surface area contributed by atoms with Crippen molar-refractivity contribution in [3.05, 3.63) is 20.7 Å². The van der Waals surface area contributed by atoms with Gasteiger partial charge in [0, 0.05) is 7.05 Å². The Labute approximate surface area is 108 Å². The summed E-state index contributed by atoms with van der Waals surface area (Å²) >= 11 is 4.87. The Morgan fingerprint density at radius 1 is 1.50 bits per heavy atom. The van der Waals surface area contributed by atoms with Crippen LogP contribution in [-0.4, -0.2) is 52.2 Å². The van der Waals surface area contributed by atoms with Gasteiger partial charge in [0.15, 0.2) is 4.77 Å². The Morgan fingerprint density at radius 3 is 2.83 bits per heavy atom. The Balaban J connectivity index is 2.28. The smallest absolute Gasteiger partial charge is 0.264 e. The zero-order valence-electron chi connectivity index (χ0n) is 9.92. The van der Waals surface area contributed by atoms with Crippen LogP contribution in [-0.2, 0) is 11.8 Å². The maximum Gasteiger partial charge on any atom is 0.264 e. The lowest BCUT2D eigenvalue weighted by atomic mass is 10.3. The summed E-state index contributed by atoms with van der Waals surface area (Å²) in [5.41, 5.74) is -0.356. The molecule has 2 rings (SSSR count). The third kappa shape index (κ3) is 2.59. The maximum atomic E-state index is 11.7. The van der Waals surface area contributed by atoms with E-state index >= 15 is 0 Å². The number of hydrogen-bond donors (Lipinski definition) is 2. The highest BCUT2D eigenvalue weighted by molar-refractivity contribution is 7.71. The molecule has 8 heteroatoms. The summed E-state index contributed by atoms with van der Waals surface area (Å²) in [6.45, 7) is 2.55. The van der Waals surface area contributed by atoms with Crippen LogP contribution in [0.2, 0.25) is 0 Å². The number of hydrazone groups is 1. The van der Waals surface area contributed by atoms with Crippen LogP contribution in [0.1, 0.15) is 5.56 Å². The molecule has 0 atom stereocenters. The monoisotopic (exact) mass is 270 g/mol. The molecule has 0 unspecified atom stereocenters. The first-order valence-electron chi connectivity index (χ1n) is 5.48. The van der Waals surface area contributed by atoms with E-state index in [1.54, 1.807) is 12.1 Å².